The number of fused-ring (bicyclic) bond motifs is 1. The van der Waals surface area contributed by atoms with E-state index in [1.807, 2.05) is 44.2 Å². The van der Waals surface area contributed by atoms with Crippen molar-refractivity contribution in [1.29, 1.82) is 0 Å². The van der Waals surface area contributed by atoms with Gasteiger partial charge in [-0.15, -0.1) is 0 Å². The Morgan fingerprint density at radius 2 is 2.00 bits per heavy atom. The first-order valence-corrected chi connectivity index (χ1v) is 6.86. The molecule has 0 aromatic heterocycles. The molecule has 1 N–H and O–H groups in total. The van der Waals surface area contributed by atoms with Gasteiger partial charge in [-0.25, -0.2) is 0 Å². The second-order valence-corrected chi connectivity index (χ2v) is 5.63. The Kier molecular flexibility index (Phi) is 3.79. The molecular weight excluding hydrogens is 260 g/mol. The first kappa shape index (κ1) is 14.0. The summed E-state index contributed by atoms with van der Waals surface area (Å²) in [6, 6.07) is 9.78. The molecule has 1 aromatic rings. The molecule has 0 bridgehead atoms. The van der Waals surface area contributed by atoms with Crippen LogP contribution in [0.4, 0.5) is 0 Å². The second-order valence-electron chi connectivity index (χ2n) is 5.63. The van der Waals surface area contributed by atoms with Gasteiger partial charge in [0.15, 0.2) is 12.1 Å². The van der Waals surface area contributed by atoms with E-state index >= 15 is 0 Å². The maximum absolute atomic E-state index is 10.3. The van der Waals surface area contributed by atoms with E-state index in [4.69, 9.17) is 18.9 Å². The van der Waals surface area contributed by atoms with Gasteiger partial charge >= 0.3 is 0 Å². The molecule has 4 atom stereocenters. The number of hydrogen-bond donors (Lipinski definition) is 1. The Balaban J connectivity index is 1.59. The number of aliphatic hydroxyl groups excluding tert-OH is 1. The highest BCUT2D eigenvalue weighted by atomic mass is 16.8. The van der Waals surface area contributed by atoms with Crippen molar-refractivity contribution in [2.24, 2.45) is 0 Å². The summed E-state index contributed by atoms with van der Waals surface area (Å²) in [6.45, 7) is 4.42. The minimum absolute atomic E-state index is 0.239. The molecule has 2 unspecified atom stereocenters. The SMILES string of the molecule is CC1(C)OC2C(O)[C@H](OCc3ccccc3)OC[C@@H]2O1. The summed E-state index contributed by atoms with van der Waals surface area (Å²) >= 11 is 0. The van der Waals surface area contributed by atoms with Crippen molar-refractivity contribution in [3.05, 3.63) is 35.9 Å². The van der Waals surface area contributed by atoms with Crippen molar-refractivity contribution in [2.45, 2.75) is 50.8 Å². The molecular formula is C15H20O5. The molecule has 2 aliphatic heterocycles. The van der Waals surface area contributed by atoms with E-state index < -0.39 is 24.3 Å². The largest absolute Gasteiger partial charge is 0.385 e. The Labute approximate surface area is 118 Å². The average molecular weight is 280 g/mol. The fourth-order valence-corrected chi connectivity index (χ4v) is 2.62. The number of ether oxygens (including phenoxy) is 4. The number of rotatable bonds is 3. The van der Waals surface area contributed by atoms with E-state index in [1.165, 1.54) is 0 Å². The standard InChI is InChI=1S/C15H20O5/c1-15(2)19-11-9-18-14(12(16)13(11)20-15)17-8-10-6-4-3-5-7-10/h3-7,11-14,16H,8-9H2,1-2H3/t11-,12?,13?,14+/m0/s1. The molecule has 3 rings (SSSR count). The lowest BCUT2D eigenvalue weighted by Crippen LogP contribution is -2.52. The second kappa shape index (κ2) is 5.42. The highest BCUT2D eigenvalue weighted by Crippen LogP contribution is 2.34. The summed E-state index contributed by atoms with van der Waals surface area (Å²) in [4.78, 5) is 0. The summed E-state index contributed by atoms with van der Waals surface area (Å²) < 4.78 is 22.6. The van der Waals surface area contributed by atoms with Gasteiger partial charge in [0.05, 0.1) is 13.2 Å². The van der Waals surface area contributed by atoms with Gasteiger partial charge < -0.3 is 24.1 Å². The van der Waals surface area contributed by atoms with Crippen LogP contribution in [0.15, 0.2) is 30.3 Å². The molecule has 2 aliphatic rings. The third-order valence-electron chi connectivity index (χ3n) is 3.52. The molecule has 0 radical (unpaired) electrons. The van der Waals surface area contributed by atoms with Crippen molar-refractivity contribution in [3.63, 3.8) is 0 Å². The van der Waals surface area contributed by atoms with Crippen LogP contribution in [0.3, 0.4) is 0 Å². The Bertz CT molecular complexity index is 447. The topological polar surface area (TPSA) is 57.2 Å². The number of hydrogen-bond acceptors (Lipinski definition) is 5. The van der Waals surface area contributed by atoms with Crippen LogP contribution in [0.1, 0.15) is 19.4 Å². The predicted molar refractivity (Wildman–Crippen MR) is 70.8 cm³/mol. The number of aliphatic hydroxyl groups is 1. The zero-order valence-corrected chi connectivity index (χ0v) is 11.7. The normalized spacial score (nSPS) is 35.8. The van der Waals surface area contributed by atoms with E-state index in [0.717, 1.165) is 5.56 Å². The van der Waals surface area contributed by atoms with Gasteiger partial charge in [-0.1, -0.05) is 30.3 Å². The van der Waals surface area contributed by atoms with E-state index in [1.54, 1.807) is 0 Å². The molecule has 2 fully saturated rings. The van der Waals surface area contributed by atoms with E-state index in [-0.39, 0.29) is 6.10 Å². The smallest absolute Gasteiger partial charge is 0.186 e. The molecule has 0 aliphatic carbocycles. The van der Waals surface area contributed by atoms with Gasteiger partial charge in [0.25, 0.3) is 0 Å². The molecule has 110 valence electrons. The zero-order valence-electron chi connectivity index (χ0n) is 11.7. The maximum atomic E-state index is 10.3. The summed E-state index contributed by atoms with van der Waals surface area (Å²) in [5, 5.41) is 10.3. The van der Waals surface area contributed by atoms with Crippen LogP contribution >= 0.6 is 0 Å². The third-order valence-corrected chi connectivity index (χ3v) is 3.52. The van der Waals surface area contributed by atoms with Gasteiger partial charge in [-0.05, 0) is 19.4 Å². The molecule has 0 saturated carbocycles. The lowest BCUT2D eigenvalue weighted by Gasteiger charge is -2.34. The third kappa shape index (κ3) is 2.87. The van der Waals surface area contributed by atoms with Crippen LogP contribution in [0.25, 0.3) is 0 Å². The first-order chi connectivity index (χ1) is 9.55. The fourth-order valence-electron chi connectivity index (χ4n) is 2.62. The molecule has 0 amide bonds. The monoisotopic (exact) mass is 280 g/mol. The van der Waals surface area contributed by atoms with Crippen molar-refractivity contribution in [2.75, 3.05) is 6.61 Å². The highest BCUT2D eigenvalue weighted by Gasteiger charge is 2.50. The first-order valence-electron chi connectivity index (χ1n) is 6.86. The van der Waals surface area contributed by atoms with Gasteiger partial charge in [0.2, 0.25) is 0 Å². The Morgan fingerprint density at radius 1 is 1.25 bits per heavy atom. The van der Waals surface area contributed by atoms with Crippen LogP contribution in [0, 0.1) is 0 Å². The molecule has 2 heterocycles. The van der Waals surface area contributed by atoms with E-state index in [0.29, 0.717) is 13.2 Å². The molecule has 20 heavy (non-hydrogen) atoms. The summed E-state index contributed by atoms with van der Waals surface area (Å²) in [5.41, 5.74) is 1.04. The minimum Gasteiger partial charge on any atom is -0.385 e. The van der Waals surface area contributed by atoms with Gasteiger partial charge in [-0.3, -0.25) is 0 Å². The predicted octanol–water partition coefficient (Wildman–Crippen LogP) is 1.44. The van der Waals surface area contributed by atoms with Crippen LogP contribution < -0.4 is 0 Å². The van der Waals surface area contributed by atoms with Crippen molar-refractivity contribution >= 4 is 0 Å². The van der Waals surface area contributed by atoms with E-state index in [2.05, 4.69) is 0 Å². The van der Waals surface area contributed by atoms with E-state index in [9.17, 15) is 5.11 Å². The Morgan fingerprint density at radius 3 is 2.75 bits per heavy atom. The number of benzene rings is 1. The lowest BCUT2D eigenvalue weighted by molar-refractivity contribution is -0.255. The van der Waals surface area contributed by atoms with Crippen LogP contribution in [-0.2, 0) is 25.6 Å². The average Bonchev–Trinajstić information content (AvgIpc) is 2.75. The quantitative estimate of drug-likeness (QED) is 0.908. The van der Waals surface area contributed by atoms with Crippen molar-refractivity contribution in [1.82, 2.24) is 0 Å². The zero-order chi connectivity index (χ0) is 14.2. The summed E-state index contributed by atoms with van der Waals surface area (Å²) in [7, 11) is 0. The fraction of sp³-hybridized carbons (Fsp3) is 0.600. The molecule has 2 saturated heterocycles. The van der Waals surface area contributed by atoms with Gasteiger partial charge in [0.1, 0.15) is 18.3 Å². The maximum Gasteiger partial charge on any atom is 0.186 e. The molecule has 5 nitrogen and oxygen atoms in total. The highest BCUT2D eigenvalue weighted by molar-refractivity contribution is 5.13. The minimum atomic E-state index is -0.848. The lowest BCUT2D eigenvalue weighted by atomic mass is 10.1. The van der Waals surface area contributed by atoms with Crippen LogP contribution in [0.2, 0.25) is 0 Å². The Hall–Kier alpha value is -0.980. The van der Waals surface area contributed by atoms with Crippen molar-refractivity contribution in [3.8, 4) is 0 Å². The summed E-state index contributed by atoms with van der Waals surface area (Å²) in [6.07, 6.45) is -2.18. The molecule has 0 spiro atoms. The summed E-state index contributed by atoms with van der Waals surface area (Å²) in [5.74, 6) is -0.687. The van der Waals surface area contributed by atoms with Gasteiger partial charge in [-0.2, -0.15) is 0 Å². The molecule has 5 heteroatoms. The van der Waals surface area contributed by atoms with Crippen LogP contribution in [-0.4, -0.2) is 42.1 Å². The van der Waals surface area contributed by atoms with Gasteiger partial charge in [0, 0.05) is 0 Å². The molecule has 1 aromatic carbocycles. The van der Waals surface area contributed by atoms with Crippen molar-refractivity contribution < 1.29 is 24.1 Å². The van der Waals surface area contributed by atoms with Crippen LogP contribution in [0.5, 0.6) is 0 Å².